The first-order valence-corrected chi connectivity index (χ1v) is 10.4. The monoisotopic (exact) mass is 432 g/mol. The Kier molecular flexibility index (Phi) is 7.08. The largest absolute Gasteiger partial charge is 0.459 e. The molecule has 0 unspecified atom stereocenters. The zero-order valence-electron chi connectivity index (χ0n) is 19.5. The van der Waals surface area contributed by atoms with E-state index in [1.54, 1.807) is 26.8 Å². The van der Waals surface area contributed by atoms with Crippen LogP contribution >= 0.6 is 0 Å². The number of nitrogens with zero attached hydrogens (tertiary/aromatic N) is 3. The molecule has 2 rings (SSSR count). The number of pyridine rings is 1. The van der Waals surface area contributed by atoms with E-state index < -0.39 is 28.7 Å². The van der Waals surface area contributed by atoms with Gasteiger partial charge in [0.2, 0.25) is 0 Å². The number of ether oxygens (including phenoxy) is 1. The highest BCUT2D eigenvalue weighted by molar-refractivity contribution is 6.06. The Hall–Kier alpha value is -2.97. The minimum Gasteiger partial charge on any atom is -0.459 e. The van der Waals surface area contributed by atoms with Crippen LogP contribution in [0.2, 0.25) is 0 Å². The molecular formula is C22H32N4O5. The summed E-state index contributed by atoms with van der Waals surface area (Å²) in [5, 5.41) is 0.0330. The SMILES string of the molecule is CC(C)Cn1c(=O)[nH]c(=O)c2c(C(=O)N(C)CC(=O)OC(C)(C)C)cc(C(C)C)nc21. The molecule has 0 bridgehead atoms. The number of fused-ring (bicyclic) bond motifs is 1. The van der Waals surface area contributed by atoms with Crippen molar-refractivity contribution in [2.45, 2.75) is 66.5 Å². The van der Waals surface area contributed by atoms with Crippen LogP contribution in [0.5, 0.6) is 0 Å². The molecule has 0 fully saturated rings. The van der Waals surface area contributed by atoms with Crippen LogP contribution in [0.3, 0.4) is 0 Å². The summed E-state index contributed by atoms with van der Waals surface area (Å²) < 4.78 is 6.67. The second kappa shape index (κ2) is 9.03. The number of H-pyrrole nitrogens is 1. The van der Waals surface area contributed by atoms with Crippen molar-refractivity contribution in [3.8, 4) is 0 Å². The predicted octanol–water partition coefficient (Wildman–Crippen LogP) is 2.28. The highest BCUT2D eigenvalue weighted by Crippen LogP contribution is 2.21. The molecule has 1 N–H and O–H groups in total. The van der Waals surface area contributed by atoms with Gasteiger partial charge in [0.15, 0.2) is 5.65 Å². The average Bonchev–Trinajstić information content (AvgIpc) is 2.61. The number of carbonyl (C=O) groups excluding carboxylic acids is 2. The van der Waals surface area contributed by atoms with Crippen molar-refractivity contribution < 1.29 is 14.3 Å². The molecule has 0 atom stereocenters. The van der Waals surface area contributed by atoms with E-state index in [0.717, 1.165) is 0 Å². The van der Waals surface area contributed by atoms with E-state index in [2.05, 4.69) is 9.97 Å². The minimum atomic E-state index is -0.683. The molecule has 0 spiro atoms. The molecule has 1 amide bonds. The van der Waals surface area contributed by atoms with Crippen LogP contribution in [-0.4, -0.2) is 50.5 Å². The third-order valence-electron chi connectivity index (χ3n) is 4.47. The Morgan fingerprint density at radius 2 is 1.81 bits per heavy atom. The third-order valence-corrected chi connectivity index (χ3v) is 4.47. The smallest absolute Gasteiger partial charge is 0.330 e. The van der Waals surface area contributed by atoms with Gasteiger partial charge < -0.3 is 9.64 Å². The topological polar surface area (TPSA) is 114 Å². The Labute approximate surface area is 181 Å². The zero-order valence-corrected chi connectivity index (χ0v) is 19.5. The van der Waals surface area contributed by atoms with Crippen LogP contribution in [0.4, 0.5) is 0 Å². The Balaban J connectivity index is 2.66. The molecule has 0 radical (unpaired) electrons. The van der Waals surface area contributed by atoms with Crippen LogP contribution in [-0.2, 0) is 16.1 Å². The molecule has 0 aliphatic carbocycles. The maximum absolute atomic E-state index is 13.3. The van der Waals surface area contributed by atoms with E-state index in [-0.39, 0.29) is 35.0 Å². The molecule has 0 saturated heterocycles. The number of nitrogens with one attached hydrogen (secondary N) is 1. The number of carbonyl (C=O) groups is 2. The van der Waals surface area contributed by atoms with Gasteiger partial charge in [-0.15, -0.1) is 0 Å². The molecule has 0 aliphatic heterocycles. The average molecular weight is 433 g/mol. The summed E-state index contributed by atoms with van der Waals surface area (Å²) in [7, 11) is 1.46. The van der Waals surface area contributed by atoms with Crippen LogP contribution in [0.15, 0.2) is 15.7 Å². The van der Waals surface area contributed by atoms with Crippen molar-refractivity contribution in [1.82, 2.24) is 19.4 Å². The van der Waals surface area contributed by atoms with Gasteiger partial charge in [-0.3, -0.25) is 23.9 Å². The summed E-state index contributed by atoms with van der Waals surface area (Å²) in [6.07, 6.45) is 0. The van der Waals surface area contributed by atoms with Gasteiger partial charge in [-0.1, -0.05) is 27.7 Å². The molecule has 2 aromatic rings. The summed E-state index contributed by atoms with van der Waals surface area (Å²) in [4.78, 5) is 58.7. The number of likely N-dealkylation sites (N-methyl/N-ethyl adjacent to an activating group) is 1. The second-order valence-electron chi connectivity index (χ2n) is 9.46. The lowest BCUT2D eigenvalue weighted by Crippen LogP contribution is -2.38. The normalized spacial score (nSPS) is 11.9. The van der Waals surface area contributed by atoms with Crippen molar-refractivity contribution in [1.29, 1.82) is 0 Å². The first-order chi connectivity index (χ1) is 14.2. The first kappa shape index (κ1) is 24.3. The van der Waals surface area contributed by atoms with Crippen molar-refractivity contribution in [3.05, 3.63) is 38.2 Å². The molecule has 0 aliphatic rings. The van der Waals surface area contributed by atoms with Gasteiger partial charge in [-0.25, -0.2) is 9.78 Å². The number of rotatable bonds is 6. The molecule has 9 heteroatoms. The maximum atomic E-state index is 13.3. The van der Waals surface area contributed by atoms with Crippen LogP contribution in [0, 0.1) is 5.92 Å². The molecule has 2 heterocycles. The molecular weight excluding hydrogens is 400 g/mol. The van der Waals surface area contributed by atoms with E-state index in [9.17, 15) is 19.2 Å². The van der Waals surface area contributed by atoms with Crippen LogP contribution < -0.4 is 11.2 Å². The third kappa shape index (κ3) is 5.80. The summed E-state index contributed by atoms with van der Waals surface area (Å²) in [5.41, 5.74) is -1.10. The molecule has 9 nitrogen and oxygen atoms in total. The number of aromatic nitrogens is 3. The number of hydrogen-bond acceptors (Lipinski definition) is 6. The summed E-state index contributed by atoms with van der Waals surface area (Å²) >= 11 is 0. The fourth-order valence-electron chi connectivity index (χ4n) is 3.14. The van der Waals surface area contributed by atoms with E-state index in [0.29, 0.717) is 12.2 Å². The molecule has 0 saturated carbocycles. The predicted molar refractivity (Wildman–Crippen MR) is 118 cm³/mol. The van der Waals surface area contributed by atoms with E-state index in [1.807, 2.05) is 27.7 Å². The standard InChI is InChI=1S/C22H32N4O5/c1-12(2)10-26-18-17(19(28)24-21(26)30)14(9-15(23-18)13(3)4)20(29)25(8)11-16(27)31-22(5,6)7/h9,12-13H,10-11H2,1-8H3,(H,24,28,30). The van der Waals surface area contributed by atoms with Crippen LogP contribution in [0.1, 0.15) is 70.4 Å². The van der Waals surface area contributed by atoms with E-state index in [1.165, 1.54) is 16.5 Å². The fraction of sp³-hybridized carbons (Fsp3) is 0.591. The van der Waals surface area contributed by atoms with Crippen LogP contribution in [0.25, 0.3) is 11.0 Å². The number of hydrogen-bond donors (Lipinski definition) is 1. The summed E-state index contributed by atoms with van der Waals surface area (Å²) in [6, 6.07) is 1.56. The van der Waals surface area contributed by atoms with Crippen molar-refractivity contribution in [3.63, 3.8) is 0 Å². The second-order valence-corrected chi connectivity index (χ2v) is 9.46. The lowest BCUT2D eigenvalue weighted by atomic mass is 10.0. The van der Waals surface area contributed by atoms with E-state index >= 15 is 0 Å². The van der Waals surface area contributed by atoms with Gasteiger partial charge in [-0.2, -0.15) is 0 Å². The Bertz CT molecular complexity index is 1110. The van der Waals surface area contributed by atoms with Crippen molar-refractivity contribution in [2.75, 3.05) is 13.6 Å². The van der Waals surface area contributed by atoms with Gasteiger partial charge in [-0.05, 0) is 38.7 Å². The molecule has 2 aromatic heterocycles. The highest BCUT2D eigenvalue weighted by atomic mass is 16.6. The van der Waals surface area contributed by atoms with E-state index in [4.69, 9.17) is 4.74 Å². The van der Waals surface area contributed by atoms with Gasteiger partial charge in [0.25, 0.3) is 11.5 Å². The number of amides is 1. The number of aromatic amines is 1. The molecule has 31 heavy (non-hydrogen) atoms. The first-order valence-electron chi connectivity index (χ1n) is 10.4. The minimum absolute atomic E-state index is 0.0330. The summed E-state index contributed by atoms with van der Waals surface area (Å²) in [6.45, 7) is 13.0. The van der Waals surface area contributed by atoms with Gasteiger partial charge in [0.1, 0.15) is 12.1 Å². The fourth-order valence-corrected chi connectivity index (χ4v) is 3.14. The number of esters is 1. The van der Waals surface area contributed by atoms with Gasteiger partial charge in [0.05, 0.1) is 10.9 Å². The maximum Gasteiger partial charge on any atom is 0.330 e. The van der Waals surface area contributed by atoms with Crippen molar-refractivity contribution >= 4 is 22.9 Å². The van der Waals surface area contributed by atoms with Gasteiger partial charge >= 0.3 is 11.7 Å². The van der Waals surface area contributed by atoms with Crippen molar-refractivity contribution in [2.24, 2.45) is 5.92 Å². The zero-order chi connectivity index (χ0) is 23.7. The lowest BCUT2D eigenvalue weighted by molar-refractivity contribution is -0.155. The quantitative estimate of drug-likeness (QED) is 0.701. The molecule has 0 aromatic carbocycles. The Morgan fingerprint density at radius 3 is 2.32 bits per heavy atom. The lowest BCUT2D eigenvalue weighted by Gasteiger charge is -2.23. The summed E-state index contributed by atoms with van der Waals surface area (Å²) in [5.74, 6) is -1.02. The molecule has 170 valence electrons. The van der Waals surface area contributed by atoms with Gasteiger partial charge in [0, 0.05) is 19.3 Å². The Morgan fingerprint density at radius 1 is 1.19 bits per heavy atom. The highest BCUT2D eigenvalue weighted by Gasteiger charge is 2.25.